The van der Waals surface area contributed by atoms with E-state index in [-0.39, 0.29) is 12.2 Å². The second-order valence-corrected chi connectivity index (χ2v) is 7.55. The minimum Gasteiger partial charge on any atom is -0.481 e. The maximum atomic E-state index is 12.8. The number of hydrogen-bond acceptors (Lipinski definition) is 6. The normalized spacial score (nSPS) is 12.0. The van der Waals surface area contributed by atoms with Gasteiger partial charge in [0.2, 0.25) is 0 Å². The van der Waals surface area contributed by atoms with Gasteiger partial charge in [0.15, 0.2) is 11.6 Å². The van der Waals surface area contributed by atoms with Crippen molar-refractivity contribution in [3.63, 3.8) is 0 Å². The van der Waals surface area contributed by atoms with E-state index < -0.39 is 5.97 Å². The zero-order chi connectivity index (χ0) is 19.0. The van der Waals surface area contributed by atoms with Crippen molar-refractivity contribution in [3.8, 4) is 5.75 Å². The van der Waals surface area contributed by atoms with Crippen LogP contribution in [0.5, 0.6) is 5.75 Å². The summed E-state index contributed by atoms with van der Waals surface area (Å²) in [6.45, 7) is -0.169. The Labute approximate surface area is 165 Å². The molecule has 136 valence electrons. The fourth-order valence-corrected chi connectivity index (χ4v) is 4.18. The Morgan fingerprint density at radius 3 is 2.89 bits per heavy atom. The SMILES string of the molecule is COC(=O)COc1ccc(/C=c2/sc3nc4ccccc4n3c2=O)cc1Br. The summed E-state index contributed by atoms with van der Waals surface area (Å²) >= 11 is 4.77. The number of rotatable bonds is 4. The molecular weight excluding hydrogens is 432 g/mol. The van der Waals surface area contributed by atoms with Crippen molar-refractivity contribution in [1.82, 2.24) is 9.38 Å². The van der Waals surface area contributed by atoms with E-state index >= 15 is 0 Å². The highest BCUT2D eigenvalue weighted by atomic mass is 79.9. The van der Waals surface area contributed by atoms with E-state index in [2.05, 4.69) is 25.7 Å². The number of nitrogens with zero attached hydrogens (tertiary/aromatic N) is 2. The molecule has 0 unspecified atom stereocenters. The molecule has 0 aliphatic rings. The van der Waals surface area contributed by atoms with E-state index in [0.717, 1.165) is 16.6 Å². The van der Waals surface area contributed by atoms with Crippen LogP contribution >= 0.6 is 27.3 Å². The summed E-state index contributed by atoms with van der Waals surface area (Å²) in [4.78, 5) is 29.1. The number of carbonyl (C=O) groups is 1. The lowest BCUT2D eigenvalue weighted by Crippen LogP contribution is -2.22. The molecule has 0 saturated carbocycles. The second-order valence-electron chi connectivity index (χ2n) is 5.69. The Balaban J connectivity index is 1.71. The molecule has 0 bridgehead atoms. The third-order valence-corrected chi connectivity index (χ3v) is 5.56. The van der Waals surface area contributed by atoms with Gasteiger partial charge in [-0.15, -0.1) is 0 Å². The number of para-hydroxylation sites is 2. The number of imidazole rings is 1. The van der Waals surface area contributed by atoms with Crippen molar-refractivity contribution >= 4 is 55.3 Å². The maximum Gasteiger partial charge on any atom is 0.343 e. The first-order chi connectivity index (χ1) is 13.1. The van der Waals surface area contributed by atoms with E-state index in [1.54, 1.807) is 10.5 Å². The molecule has 0 fully saturated rings. The Morgan fingerprint density at radius 2 is 2.11 bits per heavy atom. The number of esters is 1. The van der Waals surface area contributed by atoms with E-state index in [1.807, 2.05) is 42.5 Å². The van der Waals surface area contributed by atoms with E-state index in [0.29, 0.717) is 19.7 Å². The van der Waals surface area contributed by atoms with Crippen LogP contribution in [-0.4, -0.2) is 29.1 Å². The fourth-order valence-electron chi connectivity index (χ4n) is 2.68. The van der Waals surface area contributed by atoms with E-state index in [1.165, 1.54) is 18.4 Å². The van der Waals surface area contributed by atoms with Gasteiger partial charge < -0.3 is 9.47 Å². The van der Waals surface area contributed by atoms with Crippen molar-refractivity contribution in [2.45, 2.75) is 0 Å². The quantitative estimate of drug-likeness (QED) is 0.452. The van der Waals surface area contributed by atoms with Gasteiger partial charge in [-0.1, -0.05) is 29.5 Å². The van der Waals surface area contributed by atoms with Crippen molar-refractivity contribution in [1.29, 1.82) is 0 Å². The van der Waals surface area contributed by atoms with Crippen LogP contribution in [0.25, 0.3) is 22.1 Å². The average Bonchev–Trinajstić information content (AvgIpc) is 3.17. The van der Waals surface area contributed by atoms with Gasteiger partial charge in [0.05, 0.1) is 27.1 Å². The van der Waals surface area contributed by atoms with Crippen LogP contribution in [0.15, 0.2) is 51.7 Å². The zero-order valence-corrected chi connectivity index (χ0v) is 16.5. The van der Waals surface area contributed by atoms with Crippen LogP contribution in [0.3, 0.4) is 0 Å². The molecule has 0 saturated heterocycles. The number of halogens is 1. The predicted octanol–water partition coefficient (Wildman–Crippen LogP) is 2.77. The topological polar surface area (TPSA) is 69.9 Å². The molecule has 0 aliphatic heterocycles. The van der Waals surface area contributed by atoms with Gasteiger partial charge in [-0.2, -0.15) is 0 Å². The number of fused-ring (bicyclic) bond motifs is 3. The first-order valence-electron chi connectivity index (χ1n) is 7.97. The monoisotopic (exact) mass is 444 g/mol. The van der Waals surface area contributed by atoms with Crippen LogP contribution in [-0.2, 0) is 9.53 Å². The third-order valence-electron chi connectivity index (χ3n) is 3.97. The summed E-state index contributed by atoms with van der Waals surface area (Å²) in [5.74, 6) is 0.0644. The molecule has 0 amide bonds. The molecule has 0 spiro atoms. The summed E-state index contributed by atoms with van der Waals surface area (Å²) < 4.78 is 12.9. The van der Waals surface area contributed by atoms with Crippen LogP contribution in [0.2, 0.25) is 0 Å². The van der Waals surface area contributed by atoms with Crippen molar-refractivity contribution in [2.24, 2.45) is 0 Å². The molecule has 2 aromatic carbocycles. The molecule has 0 radical (unpaired) electrons. The lowest BCUT2D eigenvalue weighted by molar-refractivity contribution is -0.142. The molecule has 27 heavy (non-hydrogen) atoms. The van der Waals surface area contributed by atoms with Crippen LogP contribution in [0.4, 0.5) is 0 Å². The van der Waals surface area contributed by atoms with Gasteiger partial charge >= 0.3 is 5.97 Å². The summed E-state index contributed by atoms with van der Waals surface area (Å²) in [5, 5.41) is 0. The molecule has 0 aliphatic carbocycles. The summed E-state index contributed by atoms with van der Waals surface area (Å²) in [6, 6.07) is 12.9. The number of aromatic nitrogens is 2. The minimum atomic E-state index is -0.456. The molecule has 6 nitrogen and oxygen atoms in total. The van der Waals surface area contributed by atoms with Gasteiger partial charge in [0.25, 0.3) is 5.56 Å². The highest BCUT2D eigenvalue weighted by Crippen LogP contribution is 2.26. The highest BCUT2D eigenvalue weighted by molar-refractivity contribution is 9.10. The zero-order valence-electron chi connectivity index (χ0n) is 14.1. The summed E-state index contributed by atoms with van der Waals surface area (Å²) in [6.07, 6.45) is 1.81. The van der Waals surface area contributed by atoms with Crippen LogP contribution < -0.4 is 14.8 Å². The Kier molecular flexibility index (Phi) is 4.67. The van der Waals surface area contributed by atoms with Gasteiger partial charge in [-0.3, -0.25) is 4.79 Å². The van der Waals surface area contributed by atoms with Crippen molar-refractivity contribution in [2.75, 3.05) is 13.7 Å². The van der Waals surface area contributed by atoms with Crippen LogP contribution in [0.1, 0.15) is 5.56 Å². The number of thiazole rings is 1. The van der Waals surface area contributed by atoms with E-state index in [9.17, 15) is 9.59 Å². The number of benzene rings is 2. The smallest absolute Gasteiger partial charge is 0.343 e. The Morgan fingerprint density at radius 1 is 1.30 bits per heavy atom. The van der Waals surface area contributed by atoms with Crippen molar-refractivity contribution in [3.05, 3.63) is 67.4 Å². The number of methoxy groups -OCH3 is 1. The lowest BCUT2D eigenvalue weighted by atomic mass is 10.2. The molecular formula is C19H13BrN2O4S. The second kappa shape index (κ2) is 7.13. The van der Waals surface area contributed by atoms with E-state index in [4.69, 9.17) is 4.74 Å². The number of hydrogen-bond donors (Lipinski definition) is 0. The van der Waals surface area contributed by atoms with Gasteiger partial charge in [0.1, 0.15) is 5.75 Å². The fraction of sp³-hybridized carbons (Fsp3) is 0.105. The van der Waals surface area contributed by atoms with Gasteiger partial charge in [-0.05, 0) is 51.8 Å². The Bertz CT molecular complexity index is 1280. The summed E-state index contributed by atoms with van der Waals surface area (Å²) in [5.41, 5.74) is 2.35. The third kappa shape index (κ3) is 3.33. The summed E-state index contributed by atoms with van der Waals surface area (Å²) in [7, 11) is 1.31. The molecule has 8 heteroatoms. The molecule has 0 atom stereocenters. The molecule has 4 rings (SSSR count). The first-order valence-corrected chi connectivity index (χ1v) is 9.58. The molecule has 2 heterocycles. The standard InChI is InChI=1S/C19H13BrN2O4S/c1-25-17(23)10-26-15-7-6-11(8-12(15)20)9-16-18(24)22-14-5-3-2-4-13(14)21-19(22)27-16/h2-9H,10H2,1H3/b16-9+. The van der Waals surface area contributed by atoms with Gasteiger partial charge in [-0.25, -0.2) is 14.2 Å². The minimum absolute atomic E-state index is 0.0918. The predicted molar refractivity (Wildman–Crippen MR) is 107 cm³/mol. The lowest BCUT2D eigenvalue weighted by Gasteiger charge is -2.07. The van der Waals surface area contributed by atoms with Crippen LogP contribution in [0, 0.1) is 0 Å². The molecule has 0 N–H and O–H groups in total. The first kappa shape index (κ1) is 17.7. The van der Waals surface area contributed by atoms with Crippen molar-refractivity contribution < 1.29 is 14.3 Å². The molecule has 2 aromatic heterocycles. The number of carbonyl (C=O) groups excluding carboxylic acids is 1. The maximum absolute atomic E-state index is 12.8. The molecule has 4 aromatic rings. The highest BCUT2D eigenvalue weighted by Gasteiger charge is 2.11. The average molecular weight is 445 g/mol. The largest absolute Gasteiger partial charge is 0.481 e. The number of ether oxygens (including phenoxy) is 2. The Hall–Kier alpha value is -2.71. The van der Waals surface area contributed by atoms with Gasteiger partial charge in [0, 0.05) is 0 Å².